The number of aromatic amines is 1. The first-order valence-electron chi connectivity index (χ1n) is 9.25. The lowest BCUT2D eigenvalue weighted by molar-refractivity contribution is -0.151. The van der Waals surface area contributed by atoms with Crippen LogP contribution in [0, 0.1) is 11.8 Å². The van der Waals surface area contributed by atoms with E-state index in [4.69, 9.17) is 17.4 Å². The van der Waals surface area contributed by atoms with Crippen molar-refractivity contribution in [3.63, 3.8) is 0 Å². The molecule has 1 aliphatic heterocycles. The van der Waals surface area contributed by atoms with Gasteiger partial charge >= 0.3 is 5.97 Å². The molecule has 4 atom stereocenters. The summed E-state index contributed by atoms with van der Waals surface area (Å²) >= 11 is 4.95. The van der Waals surface area contributed by atoms with E-state index in [1.807, 2.05) is 0 Å². The second kappa shape index (κ2) is 6.78. The van der Waals surface area contributed by atoms with Crippen molar-refractivity contribution in [3.05, 3.63) is 47.2 Å². The summed E-state index contributed by atoms with van der Waals surface area (Å²) in [7, 11) is 3.62. The number of hydrogen-bond donors (Lipinski definition) is 2. The lowest BCUT2D eigenvalue weighted by Gasteiger charge is -2.46. The average molecular weight is 371 g/mol. The van der Waals surface area contributed by atoms with E-state index in [1.165, 1.54) is 29.3 Å². The lowest BCUT2D eigenvalue weighted by Crippen LogP contribution is -2.53. The number of esters is 1. The molecule has 5 heteroatoms. The molecule has 0 spiro atoms. The molecule has 0 saturated carbocycles. The zero-order chi connectivity index (χ0) is 18.4. The fourth-order valence-electron chi connectivity index (χ4n) is 4.93. The van der Waals surface area contributed by atoms with E-state index in [0.717, 1.165) is 24.9 Å². The summed E-state index contributed by atoms with van der Waals surface area (Å²) in [5.74, 6) is -0.0770. The molecule has 1 fully saturated rings. The minimum Gasteiger partial charge on any atom is -0.469 e. The predicted octanol–water partition coefficient (Wildman–Crippen LogP) is 3.75. The third kappa shape index (κ3) is 2.69. The maximum atomic E-state index is 12.8. The van der Waals surface area contributed by atoms with Crippen molar-refractivity contribution in [1.82, 2.24) is 9.88 Å². The predicted molar refractivity (Wildman–Crippen MR) is 108 cm³/mol. The Morgan fingerprint density at radius 3 is 2.88 bits per heavy atom. The van der Waals surface area contributed by atoms with Gasteiger partial charge in [0.2, 0.25) is 0 Å². The maximum absolute atomic E-state index is 12.8. The molecule has 2 aromatic rings. The summed E-state index contributed by atoms with van der Waals surface area (Å²) in [5.41, 5.74) is 4.97. The second-order valence-electron chi connectivity index (χ2n) is 7.52. The minimum atomic E-state index is -0.151. The molecule has 26 heavy (non-hydrogen) atoms. The summed E-state index contributed by atoms with van der Waals surface area (Å²) in [4.78, 5) is 18.7. The molecular formula is C21H26N2O2S. The first kappa shape index (κ1) is 17.7. The van der Waals surface area contributed by atoms with Crippen LogP contribution >= 0.6 is 12.6 Å². The summed E-state index contributed by atoms with van der Waals surface area (Å²) in [6.45, 7) is 2.97. The van der Waals surface area contributed by atoms with Crippen LogP contribution in [0.2, 0.25) is 0 Å². The Kier molecular flexibility index (Phi) is 4.61. The van der Waals surface area contributed by atoms with E-state index in [1.54, 1.807) is 0 Å². The smallest absolute Gasteiger partial charge is 0.310 e. The van der Waals surface area contributed by atoms with Gasteiger partial charge in [-0.2, -0.15) is 12.6 Å². The molecule has 1 aromatic heterocycles. The van der Waals surface area contributed by atoms with Gasteiger partial charge in [-0.1, -0.05) is 29.8 Å². The molecule has 2 bridgehead atoms. The van der Waals surface area contributed by atoms with Crippen LogP contribution in [0.4, 0.5) is 0 Å². The number of nitrogens with one attached hydrogen (secondary N) is 1. The third-order valence-corrected chi connectivity index (χ3v) is 6.71. The molecule has 2 unspecified atom stereocenters. The number of fused-ring (bicyclic) bond motifs is 5. The monoisotopic (exact) mass is 370 g/mol. The lowest BCUT2D eigenvalue weighted by atomic mass is 9.70. The fourth-order valence-corrected chi connectivity index (χ4v) is 5.38. The van der Waals surface area contributed by atoms with Crippen LogP contribution in [0.5, 0.6) is 0 Å². The van der Waals surface area contributed by atoms with Crippen molar-refractivity contribution in [2.45, 2.75) is 31.1 Å². The number of carbonyl (C=O) groups excluding carboxylic acids is 1. The zero-order valence-electron chi connectivity index (χ0n) is 15.5. The summed E-state index contributed by atoms with van der Waals surface area (Å²) in [6, 6.07) is 8.55. The number of methoxy groups -OCH3 is 1. The van der Waals surface area contributed by atoms with Gasteiger partial charge < -0.3 is 9.72 Å². The number of aromatic nitrogens is 1. The van der Waals surface area contributed by atoms with Crippen molar-refractivity contribution in [3.8, 4) is 0 Å². The SMILES string of the molecule is C/C=C1/CN(C)C2Cc3c([nH]c4ccccc34)C(S)C[C@H]1[C@H]2C(=O)OC. The number of nitrogens with zero attached hydrogens (tertiary/aromatic N) is 1. The normalized spacial score (nSPS) is 30.7. The van der Waals surface area contributed by atoms with Gasteiger partial charge in [-0.05, 0) is 44.4 Å². The number of H-pyrrole nitrogens is 1. The van der Waals surface area contributed by atoms with Crippen molar-refractivity contribution in [1.29, 1.82) is 0 Å². The van der Waals surface area contributed by atoms with Crippen molar-refractivity contribution >= 4 is 29.5 Å². The van der Waals surface area contributed by atoms with E-state index >= 15 is 0 Å². The number of likely N-dealkylation sites (tertiary alicyclic amines) is 1. The number of likely N-dealkylation sites (N-methyl/N-ethyl adjacent to an activating group) is 1. The fraction of sp³-hybridized carbons (Fsp3) is 0.476. The number of para-hydroxylation sites is 1. The highest BCUT2D eigenvalue weighted by molar-refractivity contribution is 7.80. The number of hydrogen-bond acceptors (Lipinski definition) is 4. The standard InChI is InChI=1S/C21H26N2O2S/c1-4-12-11-23(2)17-9-15-13-7-5-6-8-16(13)22-20(15)18(26)10-14(12)19(17)21(24)25-3/h4-8,14,17-19,22,26H,9-11H2,1-3H3/b12-4-/t14-,17?,18?,19-/m1/s1. The van der Waals surface area contributed by atoms with Gasteiger partial charge in [0.15, 0.2) is 0 Å². The van der Waals surface area contributed by atoms with Crippen LogP contribution in [0.15, 0.2) is 35.9 Å². The second-order valence-corrected chi connectivity index (χ2v) is 8.14. The maximum Gasteiger partial charge on any atom is 0.310 e. The third-order valence-electron chi connectivity index (χ3n) is 6.24. The number of thiol groups is 1. The Labute approximate surface area is 160 Å². The number of carbonyl (C=O) groups is 1. The highest BCUT2D eigenvalue weighted by atomic mass is 32.1. The molecule has 2 aliphatic rings. The first-order valence-corrected chi connectivity index (χ1v) is 9.77. The van der Waals surface area contributed by atoms with E-state index < -0.39 is 0 Å². The molecule has 2 heterocycles. The van der Waals surface area contributed by atoms with Crippen LogP contribution in [0.25, 0.3) is 10.9 Å². The minimum absolute atomic E-state index is 0.0777. The van der Waals surface area contributed by atoms with E-state index in [2.05, 4.69) is 54.2 Å². The Morgan fingerprint density at radius 1 is 1.38 bits per heavy atom. The van der Waals surface area contributed by atoms with Crippen LogP contribution < -0.4 is 0 Å². The average Bonchev–Trinajstić information content (AvgIpc) is 3.01. The Balaban J connectivity index is 1.89. The number of piperidine rings is 1. The van der Waals surface area contributed by atoms with Gasteiger partial charge in [0.25, 0.3) is 0 Å². The molecule has 4 rings (SSSR count). The van der Waals surface area contributed by atoms with E-state index in [9.17, 15) is 4.79 Å². The Morgan fingerprint density at radius 2 is 2.15 bits per heavy atom. The van der Waals surface area contributed by atoms with Gasteiger partial charge in [0.05, 0.1) is 13.0 Å². The van der Waals surface area contributed by atoms with Gasteiger partial charge in [0, 0.05) is 34.4 Å². The summed E-state index contributed by atoms with van der Waals surface area (Å²) < 4.78 is 5.23. The van der Waals surface area contributed by atoms with Crippen LogP contribution in [-0.2, 0) is 16.0 Å². The Bertz CT molecular complexity index is 872. The van der Waals surface area contributed by atoms with Crippen molar-refractivity contribution in [2.75, 3.05) is 20.7 Å². The first-order chi connectivity index (χ1) is 12.5. The highest BCUT2D eigenvalue weighted by Gasteiger charge is 2.46. The number of ether oxygens (including phenoxy) is 1. The van der Waals surface area contributed by atoms with Gasteiger partial charge in [-0.25, -0.2) is 0 Å². The largest absolute Gasteiger partial charge is 0.469 e. The van der Waals surface area contributed by atoms with Gasteiger partial charge in [0.1, 0.15) is 0 Å². The van der Waals surface area contributed by atoms with Gasteiger partial charge in [-0.3, -0.25) is 9.69 Å². The van der Waals surface area contributed by atoms with E-state index in [0.29, 0.717) is 0 Å². The molecule has 1 N–H and O–H groups in total. The molecule has 138 valence electrons. The Hall–Kier alpha value is -1.72. The molecular weight excluding hydrogens is 344 g/mol. The molecule has 1 saturated heterocycles. The number of benzene rings is 1. The molecule has 1 aliphatic carbocycles. The number of rotatable bonds is 1. The van der Waals surface area contributed by atoms with Crippen molar-refractivity contribution < 1.29 is 9.53 Å². The van der Waals surface area contributed by atoms with Crippen molar-refractivity contribution in [2.24, 2.45) is 11.8 Å². The van der Waals surface area contributed by atoms with E-state index in [-0.39, 0.29) is 29.1 Å². The quantitative estimate of drug-likeness (QED) is 0.456. The zero-order valence-corrected chi connectivity index (χ0v) is 16.4. The van der Waals surface area contributed by atoms with Gasteiger partial charge in [-0.15, -0.1) is 0 Å². The van der Waals surface area contributed by atoms with Crippen LogP contribution in [0.1, 0.15) is 29.9 Å². The van der Waals surface area contributed by atoms with Crippen LogP contribution in [0.3, 0.4) is 0 Å². The highest BCUT2D eigenvalue weighted by Crippen LogP contribution is 2.46. The number of allylic oxidation sites excluding steroid dienone is 1. The molecule has 0 amide bonds. The molecule has 1 aromatic carbocycles. The van der Waals surface area contributed by atoms with Crippen LogP contribution in [-0.4, -0.2) is 42.6 Å². The molecule has 4 nitrogen and oxygen atoms in total. The summed E-state index contributed by atoms with van der Waals surface area (Å²) in [6.07, 6.45) is 3.84. The topological polar surface area (TPSA) is 45.3 Å². The molecule has 0 radical (unpaired) electrons. The summed E-state index contributed by atoms with van der Waals surface area (Å²) in [5, 5.41) is 1.32.